The van der Waals surface area contributed by atoms with Crippen molar-refractivity contribution in [2.45, 2.75) is 45.2 Å². The Balaban J connectivity index is 1.90. The van der Waals surface area contributed by atoms with Crippen LogP contribution in [0.4, 0.5) is 5.69 Å². The normalized spacial score (nSPS) is 25.1. The molecule has 2 rings (SSSR count). The molecule has 1 fully saturated rings. The van der Waals surface area contributed by atoms with Crippen LogP contribution in [0.25, 0.3) is 0 Å². The highest BCUT2D eigenvalue weighted by atomic mass is 15.1. The maximum absolute atomic E-state index is 5.77. The van der Waals surface area contributed by atoms with Crippen LogP contribution in [0.1, 0.15) is 38.3 Å². The molecule has 1 heterocycles. The van der Waals surface area contributed by atoms with Crippen LogP contribution in [0, 0.1) is 5.92 Å². The Morgan fingerprint density at radius 3 is 2.71 bits per heavy atom. The van der Waals surface area contributed by atoms with Crippen LogP contribution in [0.2, 0.25) is 0 Å². The summed E-state index contributed by atoms with van der Waals surface area (Å²) < 4.78 is 0. The number of aromatic nitrogens is 1. The predicted molar refractivity (Wildman–Crippen MR) is 71.5 cm³/mol. The van der Waals surface area contributed by atoms with Gasteiger partial charge in [0.15, 0.2) is 0 Å². The quantitative estimate of drug-likeness (QED) is 0.872. The molecule has 3 nitrogen and oxygen atoms in total. The minimum atomic E-state index is 0.717. The molecule has 0 spiro atoms. The van der Waals surface area contributed by atoms with Crippen LogP contribution in [-0.2, 0) is 6.54 Å². The molecule has 2 N–H and O–H groups in total. The molecular formula is C14H23N3. The summed E-state index contributed by atoms with van der Waals surface area (Å²) >= 11 is 0. The molecule has 0 bridgehead atoms. The first-order valence-electron chi connectivity index (χ1n) is 6.56. The van der Waals surface area contributed by atoms with Crippen LogP contribution < -0.4 is 5.73 Å². The van der Waals surface area contributed by atoms with E-state index in [1.807, 2.05) is 12.1 Å². The molecule has 1 aromatic heterocycles. The highest BCUT2D eigenvalue weighted by molar-refractivity contribution is 5.37. The highest BCUT2D eigenvalue weighted by Crippen LogP contribution is 2.27. The summed E-state index contributed by atoms with van der Waals surface area (Å²) in [6, 6.07) is 4.53. The van der Waals surface area contributed by atoms with E-state index in [-0.39, 0.29) is 0 Å². The van der Waals surface area contributed by atoms with Gasteiger partial charge in [0.2, 0.25) is 0 Å². The van der Waals surface area contributed by atoms with Crippen molar-refractivity contribution >= 4 is 5.69 Å². The minimum Gasteiger partial charge on any atom is -0.399 e. The van der Waals surface area contributed by atoms with Crippen LogP contribution in [0.5, 0.6) is 0 Å². The third-order valence-electron chi connectivity index (χ3n) is 3.86. The van der Waals surface area contributed by atoms with Crippen molar-refractivity contribution in [2.24, 2.45) is 5.92 Å². The number of hydrogen-bond donors (Lipinski definition) is 1. The summed E-state index contributed by atoms with van der Waals surface area (Å²) in [7, 11) is 2.20. The zero-order valence-electron chi connectivity index (χ0n) is 10.9. The lowest BCUT2D eigenvalue weighted by molar-refractivity contribution is 0.162. The molecule has 0 aliphatic heterocycles. The van der Waals surface area contributed by atoms with Gasteiger partial charge in [-0.1, -0.05) is 6.92 Å². The van der Waals surface area contributed by atoms with Crippen molar-refractivity contribution in [3.63, 3.8) is 0 Å². The van der Waals surface area contributed by atoms with Crippen molar-refractivity contribution < 1.29 is 0 Å². The Kier molecular flexibility index (Phi) is 4.00. The monoisotopic (exact) mass is 233 g/mol. The molecule has 0 unspecified atom stereocenters. The summed E-state index contributed by atoms with van der Waals surface area (Å²) in [6.45, 7) is 3.26. The molecule has 1 aliphatic carbocycles. The second kappa shape index (κ2) is 5.50. The molecule has 94 valence electrons. The SMILES string of the molecule is CC1CCC(N(C)Cc2cc(N)ccn2)CC1. The minimum absolute atomic E-state index is 0.717. The summed E-state index contributed by atoms with van der Waals surface area (Å²) in [4.78, 5) is 6.79. The zero-order valence-corrected chi connectivity index (χ0v) is 10.9. The maximum atomic E-state index is 5.77. The van der Waals surface area contributed by atoms with Gasteiger partial charge in [-0.25, -0.2) is 0 Å². The zero-order chi connectivity index (χ0) is 12.3. The Hall–Kier alpha value is -1.09. The molecule has 0 aromatic carbocycles. The van der Waals surface area contributed by atoms with Crippen molar-refractivity contribution in [1.82, 2.24) is 9.88 Å². The van der Waals surface area contributed by atoms with Gasteiger partial charge >= 0.3 is 0 Å². The van der Waals surface area contributed by atoms with Gasteiger partial charge in [0.05, 0.1) is 5.69 Å². The molecule has 1 aromatic rings. The van der Waals surface area contributed by atoms with E-state index in [1.165, 1.54) is 25.7 Å². The molecule has 1 saturated carbocycles. The third kappa shape index (κ3) is 3.43. The Morgan fingerprint density at radius 1 is 1.35 bits per heavy atom. The fourth-order valence-electron chi connectivity index (χ4n) is 2.65. The summed E-state index contributed by atoms with van der Waals surface area (Å²) in [6.07, 6.45) is 7.15. The standard InChI is InChI=1S/C14H23N3/c1-11-3-5-14(6-4-11)17(2)10-13-9-12(15)7-8-16-13/h7-9,11,14H,3-6,10H2,1-2H3,(H2,15,16). The molecule has 17 heavy (non-hydrogen) atoms. The lowest BCUT2D eigenvalue weighted by Gasteiger charge is -2.33. The number of hydrogen-bond acceptors (Lipinski definition) is 3. The molecule has 3 heteroatoms. The van der Waals surface area contributed by atoms with Crippen molar-refractivity contribution in [2.75, 3.05) is 12.8 Å². The lowest BCUT2D eigenvalue weighted by Crippen LogP contribution is -2.34. The average molecular weight is 233 g/mol. The predicted octanol–water partition coefficient (Wildman–Crippen LogP) is 2.67. The largest absolute Gasteiger partial charge is 0.399 e. The van der Waals surface area contributed by atoms with Crippen molar-refractivity contribution in [1.29, 1.82) is 0 Å². The molecule has 0 radical (unpaired) electrons. The highest BCUT2D eigenvalue weighted by Gasteiger charge is 2.21. The van der Waals surface area contributed by atoms with Gasteiger partial charge in [-0.3, -0.25) is 9.88 Å². The van der Waals surface area contributed by atoms with Crippen LogP contribution in [0.15, 0.2) is 18.3 Å². The fourth-order valence-corrected chi connectivity index (χ4v) is 2.65. The number of nitrogens with zero attached hydrogens (tertiary/aromatic N) is 2. The van der Waals surface area contributed by atoms with Gasteiger partial charge in [-0.15, -0.1) is 0 Å². The number of anilines is 1. The number of nitrogen functional groups attached to an aromatic ring is 1. The third-order valence-corrected chi connectivity index (χ3v) is 3.86. The maximum Gasteiger partial charge on any atom is 0.0564 e. The van der Waals surface area contributed by atoms with Crippen LogP contribution >= 0.6 is 0 Å². The first-order chi connectivity index (χ1) is 8.15. The molecule has 0 saturated heterocycles. The second-order valence-corrected chi connectivity index (χ2v) is 5.41. The number of rotatable bonds is 3. The molecular weight excluding hydrogens is 210 g/mol. The van der Waals surface area contributed by atoms with Crippen molar-refractivity contribution in [3.05, 3.63) is 24.0 Å². The van der Waals surface area contributed by atoms with E-state index in [0.29, 0.717) is 0 Å². The Labute approximate surface area is 104 Å². The fraction of sp³-hybridized carbons (Fsp3) is 0.643. The average Bonchev–Trinajstić information content (AvgIpc) is 2.29. The van der Waals surface area contributed by atoms with Gasteiger partial charge in [0, 0.05) is 24.5 Å². The summed E-state index contributed by atoms with van der Waals surface area (Å²) in [5.74, 6) is 0.908. The first-order valence-corrected chi connectivity index (χ1v) is 6.56. The topological polar surface area (TPSA) is 42.1 Å². The van der Waals surface area contributed by atoms with Gasteiger partial charge < -0.3 is 5.73 Å². The molecule has 1 aliphatic rings. The van der Waals surface area contributed by atoms with E-state index in [1.54, 1.807) is 6.20 Å². The first kappa shape index (κ1) is 12.4. The summed E-state index contributed by atoms with van der Waals surface area (Å²) in [5, 5.41) is 0. The molecule has 0 atom stereocenters. The summed E-state index contributed by atoms with van der Waals surface area (Å²) in [5.41, 5.74) is 7.65. The molecule has 0 amide bonds. The Morgan fingerprint density at radius 2 is 2.06 bits per heavy atom. The van der Waals surface area contributed by atoms with E-state index >= 15 is 0 Å². The van der Waals surface area contributed by atoms with E-state index in [4.69, 9.17) is 5.73 Å². The van der Waals surface area contributed by atoms with E-state index in [0.717, 1.165) is 29.9 Å². The number of pyridine rings is 1. The van der Waals surface area contributed by atoms with E-state index in [9.17, 15) is 0 Å². The lowest BCUT2D eigenvalue weighted by atomic mass is 9.87. The van der Waals surface area contributed by atoms with Gasteiger partial charge in [-0.05, 0) is 50.8 Å². The second-order valence-electron chi connectivity index (χ2n) is 5.41. The smallest absolute Gasteiger partial charge is 0.0564 e. The van der Waals surface area contributed by atoms with Crippen molar-refractivity contribution in [3.8, 4) is 0 Å². The van der Waals surface area contributed by atoms with Gasteiger partial charge in [0.25, 0.3) is 0 Å². The van der Waals surface area contributed by atoms with Crippen LogP contribution in [0.3, 0.4) is 0 Å². The number of nitrogens with two attached hydrogens (primary N) is 1. The van der Waals surface area contributed by atoms with Gasteiger partial charge in [-0.2, -0.15) is 0 Å². The van der Waals surface area contributed by atoms with Gasteiger partial charge in [0.1, 0.15) is 0 Å². The Bertz CT molecular complexity index is 356. The van der Waals surface area contributed by atoms with E-state index in [2.05, 4.69) is 23.9 Å². The van der Waals surface area contributed by atoms with Crippen LogP contribution in [-0.4, -0.2) is 23.0 Å². The van der Waals surface area contributed by atoms with E-state index < -0.39 is 0 Å².